The van der Waals surface area contributed by atoms with Crippen LogP contribution in [-0.2, 0) is 6.42 Å². The molecule has 0 amide bonds. The summed E-state index contributed by atoms with van der Waals surface area (Å²) in [5, 5.41) is 0.599. The second kappa shape index (κ2) is 5.01. The van der Waals surface area contributed by atoms with E-state index in [1.54, 1.807) is 24.5 Å². The molecule has 82 valence electrons. The highest BCUT2D eigenvalue weighted by Gasteiger charge is 2.03. The van der Waals surface area contributed by atoms with Crippen LogP contribution in [0, 0.1) is 0 Å². The number of rotatable bonds is 3. The molecular formula is C11H11ClN4. The number of halogens is 1. The summed E-state index contributed by atoms with van der Waals surface area (Å²) in [6.07, 6.45) is 4.03. The summed E-state index contributed by atoms with van der Waals surface area (Å²) < 4.78 is 0. The van der Waals surface area contributed by atoms with Crippen molar-refractivity contribution >= 4 is 11.6 Å². The van der Waals surface area contributed by atoms with Crippen molar-refractivity contribution in [1.82, 2.24) is 15.0 Å². The van der Waals surface area contributed by atoms with Gasteiger partial charge in [-0.15, -0.1) is 0 Å². The molecular weight excluding hydrogens is 224 g/mol. The summed E-state index contributed by atoms with van der Waals surface area (Å²) in [4.78, 5) is 12.7. The lowest BCUT2D eigenvalue weighted by Crippen LogP contribution is -2.05. The highest BCUT2D eigenvalue weighted by Crippen LogP contribution is 2.14. The van der Waals surface area contributed by atoms with Gasteiger partial charge in [-0.1, -0.05) is 11.6 Å². The van der Waals surface area contributed by atoms with Crippen LogP contribution in [0.3, 0.4) is 0 Å². The molecule has 0 atom stereocenters. The summed E-state index contributed by atoms with van der Waals surface area (Å²) >= 11 is 5.76. The van der Waals surface area contributed by atoms with Crippen molar-refractivity contribution in [2.45, 2.75) is 6.42 Å². The fourth-order valence-corrected chi connectivity index (χ4v) is 1.43. The molecule has 0 saturated heterocycles. The number of aromatic nitrogens is 3. The zero-order valence-corrected chi connectivity index (χ0v) is 9.35. The fraction of sp³-hybridized carbons (Fsp3) is 0.182. The molecule has 0 fully saturated rings. The number of nitrogens with zero attached hydrogens (tertiary/aromatic N) is 3. The van der Waals surface area contributed by atoms with Gasteiger partial charge in [-0.25, -0.2) is 9.97 Å². The lowest BCUT2D eigenvalue weighted by Gasteiger charge is -2.01. The molecule has 0 aliphatic heterocycles. The maximum atomic E-state index is 5.76. The minimum atomic E-state index is 0.574. The third-order valence-electron chi connectivity index (χ3n) is 2.07. The Bertz CT molecular complexity index is 470. The standard InChI is InChI=1S/C11H11ClN4/c12-8-1-2-10(15-7-8)11-14-6-4-9(16-11)3-5-13/h1-2,4,6-7H,3,5,13H2. The van der Waals surface area contributed by atoms with Gasteiger partial charge in [-0.2, -0.15) is 0 Å². The van der Waals surface area contributed by atoms with Gasteiger partial charge >= 0.3 is 0 Å². The lowest BCUT2D eigenvalue weighted by molar-refractivity contribution is 0.911. The molecule has 2 heterocycles. The molecule has 0 aliphatic rings. The van der Waals surface area contributed by atoms with Gasteiger partial charge in [0.05, 0.1) is 5.02 Å². The van der Waals surface area contributed by atoms with Gasteiger partial charge in [0.2, 0.25) is 0 Å². The molecule has 4 nitrogen and oxygen atoms in total. The van der Waals surface area contributed by atoms with Gasteiger partial charge in [0.1, 0.15) is 5.69 Å². The fourth-order valence-electron chi connectivity index (χ4n) is 1.31. The molecule has 0 saturated carbocycles. The van der Waals surface area contributed by atoms with Crippen LogP contribution in [0.2, 0.25) is 5.02 Å². The van der Waals surface area contributed by atoms with Crippen molar-refractivity contribution in [3.8, 4) is 11.5 Å². The number of nitrogens with two attached hydrogens (primary N) is 1. The highest BCUT2D eigenvalue weighted by atomic mass is 35.5. The Morgan fingerprint density at radius 2 is 2.06 bits per heavy atom. The second-order valence-corrected chi connectivity index (χ2v) is 3.71. The van der Waals surface area contributed by atoms with Crippen molar-refractivity contribution in [2.24, 2.45) is 5.73 Å². The molecule has 2 rings (SSSR count). The second-order valence-electron chi connectivity index (χ2n) is 3.27. The Hall–Kier alpha value is -1.52. The molecule has 5 heteroatoms. The van der Waals surface area contributed by atoms with Crippen LogP contribution in [0.1, 0.15) is 5.69 Å². The summed E-state index contributed by atoms with van der Waals surface area (Å²) in [6.45, 7) is 0.574. The minimum Gasteiger partial charge on any atom is -0.330 e. The summed E-state index contributed by atoms with van der Waals surface area (Å²) in [5.41, 5.74) is 7.11. The van der Waals surface area contributed by atoms with Crippen molar-refractivity contribution in [2.75, 3.05) is 6.54 Å². The van der Waals surface area contributed by atoms with Gasteiger partial charge in [-0.05, 0) is 24.7 Å². The van der Waals surface area contributed by atoms with Crippen molar-refractivity contribution in [1.29, 1.82) is 0 Å². The first-order chi connectivity index (χ1) is 7.79. The summed E-state index contributed by atoms with van der Waals surface area (Å²) in [6, 6.07) is 5.42. The molecule has 0 radical (unpaired) electrons. The molecule has 0 bridgehead atoms. The Morgan fingerprint density at radius 3 is 2.75 bits per heavy atom. The molecule has 16 heavy (non-hydrogen) atoms. The zero-order valence-electron chi connectivity index (χ0n) is 8.60. The third-order valence-corrected chi connectivity index (χ3v) is 2.29. The van der Waals surface area contributed by atoms with Crippen molar-refractivity contribution in [3.63, 3.8) is 0 Å². The van der Waals surface area contributed by atoms with E-state index in [1.807, 2.05) is 6.07 Å². The van der Waals surface area contributed by atoms with E-state index in [2.05, 4.69) is 15.0 Å². The van der Waals surface area contributed by atoms with E-state index in [9.17, 15) is 0 Å². The van der Waals surface area contributed by atoms with Gasteiger partial charge in [0.15, 0.2) is 5.82 Å². The Kier molecular flexibility index (Phi) is 3.44. The zero-order chi connectivity index (χ0) is 11.4. The number of hydrogen-bond acceptors (Lipinski definition) is 4. The molecule has 0 aliphatic carbocycles. The van der Waals surface area contributed by atoms with Gasteiger partial charge < -0.3 is 5.73 Å². The predicted molar refractivity (Wildman–Crippen MR) is 63.0 cm³/mol. The van der Waals surface area contributed by atoms with Crippen LogP contribution in [-0.4, -0.2) is 21.5 Å². The van der Waals surface area contributed by atoms with E-state index >= 15 is 0 Å². The Balaban J connectivity index is 2.32. The predicted octanol–water partition coefficient (Wildman–Crippen LogP) is 1.69. The number of hydrogen-bond donors (Lipinski definition) is 1. The summed E-state index contributed by atoms with van der Waals surface area (Å²) in [5.74, 6) is 0.600. The van der Waals surface area contributed by atoms with E-state index in [0.717, 1.165) is 12.1 Å². The van der Waals surface area contributed by atoms with Crippen molar-refractivity contribution < 1.29 is 0 Å². The first-order valence-corrected chi connectivity index (χ1v) is 5.31. The SMILES string of the molecule is NCCc1ccnc(-c2ccc(Cl)cn2)n1. The smallest absolute Gasteiger partial charge is 0.178 e. The van der Waals surface area contributed by atoms with E-state index in [-0.39, 0.29) is 0 Å². The van der Waals surface area contributed by atoms with Crippen LogP contribution in [0.25, 0.3) is 11.5 Å². The maximum absolute atomic E-state index is 5.76. The Morgan fingerprint density at radius 1 is 1.19 bits per heavy atom. The van der Waals surface area contributed by atoms with Crippen LogP contribution < -0.4 is 5.73 Å². The molecule has 2 N–H and O–H groups in total. The molecule has 2 aromatic rings. The first kappa shape index (κ1) is 11.0. The Labute approximate surface area is 98.5 Å². The third kappa shape index (κ3) is 2.53. The average molecular weight is 235 g/mol. The van der Waals surface area contributed by atoms with Gasteiger partial charge in [0.25, 0.3) is 0 Å². The molecule has 2 aromatic heterocycles. The largest absolute Gasteiger partial charge is 0.330 e. The summed E-state index contributed by atoms with van der Waals surface area (Å²) in [7, 11) is 0. The van der Waals surface area contributed by atoms with E-state index in [1.165, 1.54) is 0 Å². The normalized spacial score (nSPS) is 10.4. The number of pyridine rings is 1. The van der Waals surface area contributed by atoms with E-state index < -0.39 is 0 Å². The quantitative estimate of drug-likeness (QED) is 0.878. The van der Waals surface area contributed by atoms with Crippen molar-refractivity contribution in [3.05, 3.63) is 41.3 Å². The van der Waals surface area contributed by atoms with Crippen LogP contribution in [0.4, 0.5) is 0 Å². The lowest BCUT2D eigenvalue weighted by atomic mass is 10.3. The first-order valence-electron chi connectivity index (χ1n) is 4.93. The minimum absolute atomic E-state index is 0.574. The average Bonchev–Trinajstić information content (AvgIpc) is 2.31. The van der Waals surface area contributed by atoms with E-state index in [4.69, 9.17) is 17.3 Å². The van der Waals surface area contributed by atoms with E-state index in [0.29, 0.717) is 23.1 Å². The monoisotopic (exact) mass is 234 g/mol. The molecule has 0 aromatic carbocycles. The maximum Gasteiger partial charge on any atom is 0.178 e. The van der Waals surface area contributed by atoms with Gasteiger partial charge in [-0.3, -0.25) is 4.98 Å². The van der Waals surface area contributed by atoms with Crippen LogP contribution in [0.5, 0.6) is 0 Å². The molecule has 0 unspecified atom stereocenters. The molecule has 0 spiro atoms. The van der Waals surface area contributed by atoms with Crippen LogP contribution in [0.15, 0.2) is 30.6 Å². The van der Waals surface area contributed by atoms with Crippen LogP contribution >= 0.6 is 11.6 Å². The van der Waals surface area contributed by atoms with Gasteiger partial charge in [0, 0.05) is 24.5 Å². The topological polar surface area (TPSA) is 64.7 Å². The highest BCUT2D eigenvalue weighted by molar-refractivity contribution is 6.30.